The Kier molecular flexibility index (Phi) is 6.10. The van der Waals surface area contributed by atoms with Gasteiger partial charge >= 0.3 is 0 Å². The fraction of sp³-hybridized carbons (Fsp3) is 0.190. The maximum Gasteiger partial charge on any atom is 0.270 e. The van der Waals surface area contributed by atoms with Gasteiger partial charge in [-0.3, -0.25) is 4.79 Å². The normalized spacial score (nSPS) is 10.4. The molecule has 0 saturated carbocycles. The molecule has 3 rings (SSSR count). The van der Waals surface area contributed by atoms with Crippen LogP contribution in [0, 0.1) is 5.82 Å². The van der Waals surface area contributed by atoms with Crippen LogP contribution in [-0.4, -0.2) is 29.0 Å². The van der Waals surface area contributed by atoms with Crippen LogP contribution in [0.15, 0.2) is 67.0 Å². The van der Waals surface area contributed by atoms with E-state index in [-0.39, 0.29) is 11.7 Å². The van der Waals surface area contributed by atoms with Crippen molar-refractivity contribution < 1.29 is 9.18 Å². The molecule has 27 heavy (non-hydrogen) atoms. The minimum Gasteiger partial charge on any atom is -0.350 e. The highest BCUT2D eigenvalue weighted by Gasteiger charge is 2.13. The lowest BCUT2D eigenvalue weighted by molar-refractivity contribution is 0.0949. The molecule has 0 fully saturated rings. The summed E-state index contributed by atoms with van der Waals surface area (Å²) in [7, 11) is 0. The summed E-state index contributed by atoms with van der Waals surface area (Å²) in [6, 6.07) is 17.8. The first kappa shape index (κ1) is 18.5. The van der Waals surface area contributed by atoms with Gasteiger partial charge in [-0.05, 0) is 43.2 Å². The number of hydrogen-bond acceptors (Lipinski definition) is 4. The van der Waals surface area contributed by atoms with Crippen molar-refractivity contribution in [3.8, 4) is 0 Å². The number of hydrogen-bond donors (Lipinski definition) is 1. The fourth-order valence-corrected chi connectivity index (χ4v) is 2.77. The Morgan fingerprint density at radius 1 is 1.07 bits per heavy atom. The van der Waals surface area contributed by atoms with Crippen LogP contribution in [0.5, 0.6) is 0 Å². The molecule has 6 heteroatoms. The van der Waals surface area contributed by atoms with Crippen molar-refractivity contribution in [2.45, 2.75) is 13.3 Å². The Bertz CT molecular complexity index is 884. The minimum absolute atomic E-state index is 0.259. The molecule has 2 aromatic carbocycles. The maximum absolute atomic E-state index is 12.9. The second-order valence-corrected chi connectivity index (χ2v) is 5.97. The molecule has 1 N–H and O–H groups in total. The summed E-state index contributed by atoms with van der Waals surface area (Å²) in [4.78, 5) is 22.8. The lowest BCUT2D eigenvalue weighted by Gasteiger charge is -2.22. The number of amides is 1. The quantitative estimate of drug-likeness (QED) is 0.694. The number of carbonyl (C=O) groups excluding carboxylic acids is 1. The zero-order valence-corrected chi connectivity index (χ0v) is 15.1. The van der Waals surface area contributed by atoms with Gasteiger partial charge < -0.3 is 10.2 Å². The summed E-state index contributed by atoms with van der Waals surface area (Å²) in [5, 5.41) is 2.84. The molecule has 0 aliphatic heterocycles. The van der Waals surface area contributed by atoms with Crippen molar-refractivity contribution in [2.75, 3.05) is 18.0 Å². The summed E-state index contributed by atoms with van der Waals surface area (Å²) >= 11 is 0. The number of nitrogens with zero attached hydrogens (tertiary/aromatic N) is 3. The number of benzene rings is 2. The molecule has 3 aromatic rings. The number of halogens is 1. The van der Waals surface area contributed by atoms with Crippen LogP contribution in [0.2, 0.25) is 0 Å². The van der Waals surface area contributed by atoms with Gasteiger partial charge in [0.2, 0.25) is 0 Å². The first-order valence-corrected chi connectivity index (χ1v) is 8.84. The number of anilines is 2. The highest BCUT2D eigenvalue weighted by molar-refractivity contribution is 5.93. The monoisotopic (exact) mass is 364 g/mol. The Labute approximate surface area is 157 Å². The third kappa shape index (κ3) is 4.88. The van der Waals surface area contributed by atoms with Gasteiger partial charge in [-0.2, -0.15) is 0 Å². The summed E-state index contributed by atoms with van der Waals surface area (Å²) in [6.45, 7) is 3.18. The molecule has 1 heterocycles. The van der Waals surface area contributed by atoms with Crippen molar-refractivity contribution in [3.63, 3.8) is 0 Å². The maximum atomic E-state index is 12.9. The van der Waals surface area contributed by atoms with Gasteiger partial charge in [0, 0.05) is 24.8 Å². The molecule has 0 unspecified atom stereocenters. The topological polar surface area (TPSA) is 58.1 Å². The molecule has 0 aliphatic carbocycles. The van der Waals surface area contributed by atoms with E-state index >= 15 is 0 Å². The molecule has 138 valence electrons. The molecule has 0 saturated heterocycles. The van der Waals surface area contributed by atoms with Crippen LogP contribution >= 0.6 is 0 Å². The molecule has 1 aromatic heterocycles. The van der Waals surface area contributed by atoms with Crippen LogP contribution in [0.3, 0.4) is 0 Å². The standard InChI is InChI=1S/C21H21FN4O/c1-2-26(18-6-4-3-5-7-18)20-14-19(24-15-25-20)21(27)23-13-12-16-8-10-17(22)11-9-16/h3-11,14-15H,2,12-13H2,1H3,(H,23,27). The smallest absolute Gasteiger partial charge is 0.270 e. The molecular weight excluding hydrogens is 343 g/mol. The zero-order chi connectivity index (χ0) is 19.1. The number of nitrogens with one attached hydrogen (secondary N) is 1. The average molecular weight is 364 g/mol. The molecule has 0 spiro atoms. The SMILES string of the molecule is CCN(c1ccccc1)c1cc(C(=O)NCCc2ccc(F)cc2)ncn1. The molecule has 0 atom stereocenters. The summed E-state index contributed by atoms with van der Waals surface area (Å²) < 4.78 is 12.9. The van der Waals surface area contributed by atoms with E-state index in [1.165, 1.54) is 18.5 Å². The van der Waals surface area contributed by atoms with Gasteiger partial charge in [0.05, 0.1) is 0 Å². The van der Waals surface area contributed by atoms with Gasteiger partial charge in [-0.25, -0.2) is 14.4 Å². The van der Waals surface area contributed by atoms with E-state index < -0.39 is 0 Å². The Morgan fingerprint density at radius 3 is 2.52 bits per heavy atom. The van der Waals surface area contributed by atoms with Crippen molar-refractivity contribution in [3.05, 3.63) is 84.1 Å². The van der Waals surface area contributed by atoms with Crippen LogP contribution in [0.4, 0.5) is 15.9 Å². The summed E-state index contributed by atoms with van der Waals surface area (Å²) in [5.41, 5.74) is 2.27. The van der Waals surface area contributed by atoms with Gasteiger partial charge in [0.15, 0.2) is 0 Å². The summed E-state index contributed by atoms with van der Waals surface area (Å²) in [5.74, 6) is 0.141. The van der Waals surface area contributed by atoms with E-state index in [1.807, 2.05) is 42.2 Å². The second-order valence-electron chi connectivity index (χ2n) is 5.97. The largest absolute Gasteiger partial charge is 0.350 e. The summed E-state index contributed by atoms with van der Waals surface area (Å²) in [6.07, 6.45) is 2.02. The molecule has 5 nitrogen and oxygen atoms in total. The predicted octanol–water partition coefficient (Wildman–Crippen LogP) is 3.75. The van der Waals surface area contributed by atoms with Gasteiger partial charge in [0.25, 0.3) is 5.91 Å². The van der Waals surface area contributed by atoms with Crippen LogP contribution in [-0.2, 0) is 6.42 Å². The lowest BCUT2D eigenvalue weighted by Crippen LogP contribution is -2.27. The van der Waals surface area contributed by atoms with E-state index in [4.69, 9.17) is 0 Å². The Hall–Kier alpha value is -3.28. The third-order valence-corrected chi connectivity index (χ3v) is 4.16. The number of rotatable bonds is 7. The Balaban J connectivity index is 1.65. The Morgan fingerprint density at radius 2 is 1.81 bits per heavy atom. The van der Waals surface area contributed by atoms with Gasteiger partial charge in [-0.15, -0.1) is 0 Å². The number of para-hydroxylation sites is 1. The van der Waals surface area contributed by atoms with Crippen molar-refractivity contribution in [1.29, 1.82) is 0 Å². The lowest BCUT2D eigenvalue weighted by atomic mass is 10.1. The second kappa shape index (κ2) is 8.89. The highest BCUT2D eigenvalue weighted by Crippen LogP contribution is 2.22. The molecule has 1 amide bonds. The van der Waals surface area contributed by atoms with E-state index in [2.05, 4.69) is 15.3 Å². The minimum atomic E-state index is -0.268. The third-order valence-electron chi connectivity index (χ3n) is 4.16. The number of aromatic nitrogens is 2. The van der Waals surface area contributed by atoms with Crippen LogP contribution < -0.4 is 10.2 Å². The fourth-order valence-electron chi connectivity index (χ4n) is 2.77. The van der Waals surface area contributed by atoms with Crippen LogP contribution in [0.25, 0.3) is 0 Å². The molecule has 0 bridgehead atoms. The zero-order valence-electron chi connectivity index (χ0n) is 15.1. The first-order valence-electron chi connectivity index (χ1n) is 8.84. The first-order chi connectivity index (χ1) is 13.2. The molecular formula is C21H21FN4O. The van der Waals surface area contributed by atoms with Crippen molar-refractivity contribution in [2.24, 2.45) is 0 Å². The molecule has 0 radical (unpaired) electrons. The van der Waals surface area contributed by atoms with Crippen molar-refractivity contribution >= 4 is 17.4 Å². The average Bonchev–Trinajstić information content (AvgIpc) is 2.71. The van der Waals surface area contributed by atoms with E-state index in [0.717, 1.165) is 11.3 Å². The van der Waals surface area contributed by atoms with Crippen molar-refractivity contribution in [1.82, 2.24) is 15.3 Å². The van der Waals surface area contributed by atoms with E-state index in [1.54, 1.807) is 18.2 Å². The van der Waals surface area contributed by atoms with Crippen LogP contribution in [0.1, 0.15) is 23.0 Å². The highest BCUT2D eigenvalue weighted by atomic mass is 19.1. The predicted molar refractivity (Wildman–Crippen MR) is 104 cm³/mol. The van der Waals surface area contributed by atoms with Gasteiger partial charge in [-0.1, -0.05) is 30.3 Å². The van der Waals surface area contributed by atoms with E-state index in [0.29, 0.717) is 31.0 Å². The molecule has 0 aliphatic rings. The van der Waals surface area contributed by atoms with Gasteiger partial charge in [0.1, 0.15) is 23.7 Å². The number of carbonyl (C=O) groups is 1. The van der Waals surface area contributed by atoms with E-state index in [9.17, 15) is 9.18 Å².